The molecule has 0 aromatic heterocycles. The maximum Gasteiger partial charge on any atom is 0.328 e. The van der Waals surface area contributed by atoms with E-state index in [1.54, 1.807) is 6.26 Å². The second kappa shape index (κ2) is 16.7. The normalized spacial score (nSPS) is 11.5. The molecule has 240 valence electrons. The number of rotatable bonds is 11. The van der Waals surface area contributed by atoms with E-state index < -0.39 is 5.97 Å². The summed E-state index contributed by atoms with van der Waals surface area (Å²) in [6.07, 6.45) is 6.14. The molecule has 0 saturated heterocycles. The number of carbonyl (C=O) groups is 2. The van der Waals surface area contributed by atoms with Gasteiger partial charge in [0.2, 0.25) is 0 Å². The summed E-state index contributed by atoms with van der Waals surface area (Å²) in [5.41, 5.74) is 8.92. The Labute approximate surface area is 282 Å². The predicted octanol–water partition coefficient (Wildman–Crippen LogP) is 10.5. The quantitative estimate of drug-likeness (QED) is 0.0877. The number of benzene rings is 6. The van der Waals surface area contributed by atoms with E-state index in [2.05, 4.69) is 111 Å². The minimum atomic E-state index is -0.901. The van der Waals surface area contributed by atoms with Gasteiger partial charge in [-0.3, -0.25) is 4.79 Å². The van der Waals surface area contributed by atoms with Crippen molar-refractivity contribution in [1.29, 1.82) is 0 Å². The van der Waals surface area contributed by atoms with E-state index in [0.29, 0.717) is 12.9 Å². The van der Waals surface area contributed by atoms with Crippen molar-refractivity contribution >= 4 is 45.1 Å². The molecule has 48 heavy (non-hydrogen) atoms. The molecule has 4 heteroatoms. The van der Waals surface area contributed by atoms with Crippen LogP contribution in [0.5, 0.6) is 0 Å². The van der Waals surface area contributed by atoms with Gasteiger partial charge in [0.1, 0.15) is 0 Å². The van der Waals surface area contributed by atoms with Crippen LogP contribution in [0.4, 0.5) is 0 Å². The van der Waals surface area contributed by atoms with Crippen LogP contribution in [0.15, 0.2) is 146 Å². The number of aliphatic carboxylic acids is 1. The summed E-state index contributed by atoms with van der Waals surface area (Å²) < 4.78 is 4.93. The van der Waals surface area contributed by atoms with Crippen LogP contribution in [0, 0.1) is 13.8 Å². The molecule has 4 nitrogen and oxygen atoms in total. The molecule has 0 amide bonds. The maximum atomic E-state index is 11.2. The Hall–Kier alpha value is -5.74. The molecule has 6 aromatic carbocycles. The van der Waals surface area contributed by atoms with Crippen LogP contribution in [0.1, 0.15) is 46.2 Å². The van der Waals surface area contributed by atoms with Gasteiger partial charge in [0.25, 0.3) is 6.47 Å². The molecule has 0 spiro atoms. The highest BCUT2D eigenvalue weighted by Gasteiger charge is 2.08. The molecule has 0 bridgehead atoms. The van der Waals surface area contributed by atoms with E-state index in [1.807, 2.05) is 36.4 Å². The van der Waals surface area contributed by atoms with Crippen molar-refractivity contribution in [2.24, 2.45) is 0 Å². The molecule has 1 N–H and O–H groups in total. The summed E-state index contributed by atoms with van der Waals surface area (Å²) in [6, 6.07) is 45.7. The minimum absolute atomic E-state index is 0.465. The monoisotopic (exact) mass is 632 g/mol. The lowest BCUT2D eigenvalue weighted by molar-refractivity contribution is -0.131. The zero-order valence-corrected chi connectivity index (χ0v) is 27.4. The first-order valence-electron chi connectivity index (χ1n) is 16.2. The number of allylic oxidation sites excluding steroid dienone is 2. The SMILES string of the molecule is Cc1ccc(CC/C(=C/C(=O)O)c2ccc3ccccc3c2)cc1.Cc1ccc(CC/C(=C\OC=O)c2ccc3ccccc3c2)cc1. The largest absolute Gasteiger partial charge is 0.478 e. The van der Waals surface area contributed by atoms with Crippen LogP contribution < -0.4 is 0 Å². The Kier molecular flexibility index (Phi) is 11.7. The van der Waals surface area contributed by atoms with Gasteiger partial charge in [-0.25, -0.2) is 4.79 Å². The molecule has 0 fully saturated rings. The first-order valence-corrected chi connectivity index (χ1v) is 16.2. The van der Waals surface area contributed by atoms with Crippen molar-refractivity contribution in [3.63, 3.8) is 0 Å². The Morgan fingerprint density at radius 1 is 0.583 bits per heavy atom. The highest BCUT2D eigenvalue weighted by atomic mass is 16.5. The third-order valence-electron chi connectivity index (χ3n) is 8.41. The van der Waals surface area contributed by atoms with Crippen molar-refractivity contribution < 1.29 is 19.4 Å². The maximum absolute atomic E-state index is 11.2. The number of aryl methyl sites for hydroxylation is 4. The molecule has 6 rings (SSSR count). The highest BCUT2D eigenvalue weighted by molar-refractivity contribution is 5.93. The lowest BCUT2D eigenvalue weighted by Crippen LogP contribution is -1.95. The van der Waals surface area contributed by atoms with Crippen molar-refractivity contribution in [3.05, 3.63) is 179 Å². The Bertz CT molecular complexity index is 2050. The summed E-state index contributed by atoms with van der Waals surface area (Å²) in [7, 11) is 0. The molecule has 0 atom stereocenters. The van der Waals surface area contributed by atoms with Gasteiger partial charge in [-0.15, -0.1) is 0 Å². The smallest absolute Gasteiger partial charge is 0.328 e. The van der Waals surface area contributed by atoms with Gasteiger partial charge in [-0.2, -0.15) is 0 Å². The van der Waals surface area contributed by atoms with Crippen molar-refractivity contribution in [2.45, 2.75) is 39.5 Å². The molecule has 0 heterocycles. The first-order chi connectivity index (χ1) is 23.4. The number of fused-ring (bicyclic) bond motifs is 2. The van der Waals surface area contributed by atoms with E-state index in [-0.39, 0.29) is 0 Å². The van der Waals surface area contributed by atoms with Crippen LogP contribution >= 0.6 is 0 Å². The third kappa shape index (κ3) is 9.63. The van der Waals surface area contributed by atoms with Gasteiger partial charge in [-0.1, -0.05) is 132 Å². The number of carboxylic acid groups (broad SMARTS) is 1. The Morgan fingerprint density at radius 2 is 1.02 bits per heavy atom. The number of carbonyl (C=O) groups excluding carboxylic acids is 1. The number of ether oxygens (including phenoxy) is 1. The first kappa shape index (κ1) is 33.6. The van der Waals surface area contributed by atoms with Crippen molar-refractivity contribution in [3.8, 4) is 0 Å². The van der Waals surface area contributed by atoms with Crippen LogP contribution in [0.3, 0.4) is 0 Å². The number of hydrogen-bond donors (Lipinski definition) is 1. The molecule has 6 aromatic rings. The number of hydrogen-bond acceptors (Lipinski definition) is 3. The predicted molar refractivity (Wildman–Crippen MR) is 198 cm³/mol. The topological polar surface area (TPSA) is 63.6 Å². The summed E-state index contributed by atoms with van der Waals surface area (Å²) in [5.74, 6) is -0.901. The van der Waals surface area contributed by atoms with E-state index in [1.165, 1.54) is 39.1 Å². The average molecular weight is 633 g/mol. The second-order valence-electron chi connectivity index (χ2n) is 12.0. The van der Waals surface area contributed by atoms with Gasteiger partial charge in [-0.05, 0) is 107 Å². The molecule has 0 aliphatic carbocycles. The molecule has 0 aliphatic heterocycles. The zero-order chi connectivity index (χ0) is 33.7. The standard InChI is InChI=1S/2C22H20O2/c1-17-6-8-18(9-7-17)10-11-22(15-24-16-23)21-13-12-19-4-2-3-5-20(19)14-21;1-16-6-8-17(9-7-16)10-11-21(15-22(23)24)20-13-12-18-4-2-3-5-19(18)14-20/h2-9,12-16H,10-11H2,1H3;2-9,12-15H,10-11H2,1H3,(H,23,24)/b22-15+;21-15-. The minimum Gasteiger partial charge on any atom is -0.478 e. The lowest BCUT2D eigenvalue weighted by atomic mass is 9.95. The van der Waals surface area contributed by atoms with E-state index in [0.717, 1.165) is 52.3 Å². The summed E-state index contributed by atoms with van der Waals surface area (Å²) in [6.45, 7) is 4.61. The third-order valence-corrected chi connectivity index (χ3v) is 8.41. The second-order valence-corrected chi connectivity index (χ2v) is 12.0. The molecule has 0 unspecified atom stereocenters. The molecular formula is C44H40O4. The van der Waals surface area contributed by atoms with E-state index in [4.69, 9.17) is 4.74 Å². The fourth-order valence-electron chi connectivity index (χ4n) is 5.68. The molecule has 0 saturated carbocycles. The van der Waals surface area contributed by atoms with Crippen molar-refractivity contribution in [1.82, 2.24) is 0 Å². The molecule has 0 aliphatic rings. The summed E-state index contributed by atoms with van der Waals surface area (Å²) in [4.78, 5) is 21.8. The van der Waals surface area contributed by atoms with E-state index in [9.17, 15) is 14.7 Å². The zero-order valence-electron chi connectivity index (χ0n) is 27.4. The van der Waals surface area contributed by atoms with Gasteiger partial charge >= 0.3 is 5.97 Å². The van der Waals surface area contributed by atoms with Gasteiger partial charge in [0.05, 0.1) is 6.26 Å². The summed E-state index contributed by atoms with van der Waals surface area (Å²) >= 11 is 0. The summed E-state index contributed by atoms with van der Waals surface area (Å²) in [5, 5.41) is 13.9. The Balaban J connectivity index is 0.000000188. The van der Waals surface area contributed by atoms with Gasteiger partial charge in [0, 0.05) is 6.08 Å². The van der Waals surface area contributed by atoms with Crippen LogP contribution in [0.25, 0.3) is 32.7 Å². The van der Waals surface area contributed by atoms with Crippen molar-refractivity contribution in [2.75, 3.05) is 0 Å². The average Bonchev–Trinajstić information content (AvgIpc) is 3.11. The van der Waals surface area contributed by atoms with Gasteiger partial charge < -0.3 is 9.84 Å². The van der Waals surface area contributed by atoms with Crippen LogP contribution in [-0.4, -0.2) is 17.5 Å². The van der Waals surface area contributed by atoms with E-state index >= 15 is 0 Å². The van der Waals surface area contributed by atoms with Gasteiger partial charge in [0.15, 0.2) is 0 Å². The van der Waals surface area contributed by atoms with Crippen LogP contribution in [0.2, 0.25) is 0 Å². The highest BCUT2D eigenvalue weighted by Crippen LogP contribution is 2.26. The fourth-order valence-corrected chi connectivity index (χ4v) is 5.68. The Morgan fingerprint density at radius 3 is 1.48 bits per heavy atom. The lowest BCUT2D eigenvalue weighted by Gasteiger charge is -2.09. The number of carboxylic acids is 1. The molecule has 0 radical (unpaired) electrons. The molecular weight excluding hydrogens is 592 g/mol. The fraction of sp³-hybridized carbons (Fsp3) is 0.136. The van der Waals surface area contributed by atoms with Crippen LogP contribution in [-0.2, 0) is 27.2 Å².